The number of ether oxygens (including phenoxy) is 1. The second kappa shape index (κ2) is 10.2. The summed E-state index contributed by atoms with van der Waals surface area (Å²) >= 11 is 6.24. The highest BCUT2D eigenvalue weighted by molar-refractivity contribution is 6.25. The summed E-state index contributed by atoms with van der Waals surface area (Å²) in [6, 6.07) is 14.6. The highest BCUT2D eigenvalue weighted by Gasteiger charge is 2.36. The smallest absolute Gasteiger partial charge is 0.435 e. The van der Waals surface area contributed by atoms with Gasteiger partial charge in [-0.25, -0.2) is 4.68 Å². The van der Waals surface area contributed by atoms with Gasteiger partial charge in [0.2, 0.25) is 5.88 Å². The number of benzene rings is 2. The Bertz CT molecular complexity index is 1230. The Labute approximate surface area is 199 Å². The molecule has 1 aliphatic rings. The van der Waals surface area contributed by atoms with Gasteiger partial charge in [0.25, 0.3) is 5.91 Å². The number of allylic oxidation sites excluding steroid dienone is 4. The number of hydrogen-bond donors (Lipinski definition) is 2. The van der Waals surface area contributed by atoms with Crippen LogP contribution in [0.4, 0.5) is 18.9 Å². The molecule has 6 nitrogen and oxygen atoms in total. The first kappa shape index (κ1) is 23.7. The van der Waals surface area contributed by atoms with Crippen LogP contribution in [0, 0.1) is 0 Å². The molecule has 1 atom stereocenters. The number of carbonyl (C=O) groups excluding carboxylic acids is 1. The molecule has 1 amide bonds. The average molecular weight is 491 g/mol. The number of fused-ring (bicyclic) bond motifs is 1. The molecule has 0 aliphatic heterocycles. The lowest BCUT2D eigenvalue weighted by atomic mass is 10.1. The van der Waals surface area contributed by atoms with Gasteiger partial charge in [-0.15, -0.1) is 11.6 Å². The van der Waals surface area contributed by atoms with E-state index in [0.29, 0.717) is 25.2 Å². The predicted molar refractivity (Wildman–Crippen MR) is 126 cm³/mol. The summed E-state index contributed by atoms with van der Waals surface area (Å²) in [4.78, 5) is 12.2. The summed E-state index contributed by atoms with van der Waals surface area (Å²) in [5.74, 6) is -0.676. The molecule has 0 saturated heterocycles. The fourth-order valence-corrected chi connectivity index (χ4v) is 3.82. The zero-order valence-corrected chi connectivity index (χ0v) is 18.7. The van der Waals surface area contributed by atoms with E-state index in [1.54, 1.807) is 18.2 Å². The van der Waals surface area contributed by atoms with Crippen LogP contribution in [0.2, 0.25) is 0 Å². The first-order valence-corrected chi connectivity index (χ1v) is 11.1. The molecule has 1 unspecified atom stereocenters. The standard InChI is InChI=1S/C24H22ClF3N4O2/c25-18-9-3-4-11-20(18)32-23(14-21(31-32)24(26,27)28)34-15-22(33)30-13-12-29-19-10-5-7-16-6-1-2-8-17(16)19/h1-8,10-11,14,18,29H,9,12-13,15H2,(H,30,33). The Balaban J connectivity index is 1.34. The lowest BCUT2D eigenvalue weighted by Crippen LogP contribution is -2.33. The van der Waals surface area contributed by atoms with E-state index in [2.05, 4.69) is 15.7 Å². The fraction of sp³-hybridized carbons (Fsp3) is 0.250. The van der Waals surface area contributed by atoms with Crippen molar-refractivity contribution in [1.29, 1.82) is 0 Å². The van der Waals surface area contributed by atoms with E-state index in [0.717, 1.165) is 27.2 Å². The van der Waals surface area contributed by atoms with Crippen molar-refractivity contribution in [3.63, 3.8) is 0 Å². The van der Waals surface area contributed by atoms with Gasteiger partial charge in [0.15, 0.2) is 12.3 Å². The molecule has 0 fully saturated rings. The van der Waals surface area contributed by atoms with Crippen LogP contribution in [-0.4, -0.2) is 40.8 Å². The van der Waals surface area contributed by atoms with Crippen LogP contribution < -0.4 is 15.4 Å². The van der Waals surface area contributed by atoms with E-state index in [1.807, 2.05) is 42.5 Å². The first-order chi connectivity index (χ1) is 16.3. The molecule has 2 aromatic carbocycles. The topological polar surface area (TPSA) is 68.2 Å². The monoisotopic (exact) mass is 490 g/mol. The predicted octanol–water partition coefficient (Wildman–Crippen LogP) is 5.07. The maximum atomic E-state index is 13.2. The number of rotatable bonds is 8. The summed E-state index contributed by atoms with van der Waals surface area (Å²) < 4.78 is 46.0. The van der Waals surface area contributed by atoms with Gasteiger partial charge in [0.1, 0.15) is 0 Å². The first-order valence-electron chi connectivity index (χ1n) is 10.6. The van der Waals surface area contributed by atoms with Crippen molar-refractivity contribution in [3.05, 3.63) is 72.5 Å². The molecular formula is C24H22ClF3N4O2. The third-order valence-electron chi connectivity index (χ3n) is 5.18. The van der Waals surface area contributed by atoms with Crippen LogP contribution in [0.25, 0.3) is 16.5 Å². The molecule has 0 bridgehead atoms. The van der Waals surface area contributed by atoms with Crippen molar-refractivity contribution >= 4 is 39.7 Å². The van der Waals surface area contributed by atoms with Crippen molar-refractivity contribution in [2.75, 3.05) is 25.0 Å². The van der Waals surface area contributed by atoms with E-state index >= 15 is 0 Å². The van der Waals surface area contributed by atoms with Gasteiger partial charge in [0, 0.05) is 30.2 Å². The minimum atomic E-state index is -4.66. The fourth-order valence-electron chi connectivity index (χ4n) is 3.55. The Hall–Kier alpha value is -3.46. The van der Waals surface area contributed by atoms with Crippen LogP contribution in [-0.2, 0) is 11.0 Å². The molecule has 2 N–H and O–H groups in total. The zero-order chi connectivity index (χ0) is 24.1. The van der Waals surface area contributed by atoms with E-state index < -0.39 is 29.8 Å². The lowest BCUT2D eigenvalue weighted by molar-refractivity contribution is -0.141. The van der Waals surface area contributed by atoms with Gasteiger partial charge in [-0.05, 0) is 23.9 Å². The molecule has 1 heterocycles. The van der Waals surface area contributed by atoms with E-state index in [1.165, 1.54) is 0 Å². The molecular weight excluding hydrogens is 469 g/mol. The Morgan fingerprint density at radius 3 is 2.76 bits per heavy atom. The molecule has 34 heavy (non-hydrogen) atoms. The number of anilines is 1. The normalized spacial score (nSPS) is 15.8. The molecule has 0 radical (unpaired) electrons. The van der Waals surface area contributed by atoms with Gasteiger partial charge in [-0.2, -0.15) is 18.3 Å². The quantitative estimate of drug-likeness (QED) is 0.342. The van der Waals surface area contributed by atoms with Crippen LogP contribution in [0.3, 0.4) is 0 Å². The highest BCUT2D eigenvalue weighted by Crippen LogP contribution is 2.34. The van der Waals surface area contributed by atoms with Crippen molar-refractivity contribution in [2.24, 2.45) is 0 Å². The van der Waals surface area contributed by atoms with Crippen molar-refractivity contribution in [2.45, 2.75) is 18.0 Å². The summed E-state index contributed by atoms with van der Waals surface area (Å²) in [5, 5.41) is 11.2. The van der Waals surface area contributed by atoms with Crippen LogP contribution in [0.1, 0.15) is 12.1 Å². The van der Waals surface area contributed by atoms with E-state index in [9.17, 15) is 18.0 Å². The Morgan fingerprint density at radius 2 is 1.97 bits per heavy atom. The van der Waals surface area contributed by atoms with Gasteiger partial charge >= 0.3 is 6.18 Å². The van der Waals surface area contributed by atoms with Crippen LogP contribution in [0.15, 0.2) is 66.8 Å². The Morgan fingerprint density at radius 1 is 1.18 bits per heavy atom. The minimum Gasteiger partial charge on any atom is -0.467 e. The van der Waals surface area contributed by atoms with Crippen LogP contribution in [0.5, 0.6) is 5.88 Å². The van der Waals surface area contributed by atoms with Gasteiger partial charge in [-0.1, -0.05) is 48.6 Å². The molecule has 3 aromatic rings. The van der Waals surface area contributed by atoms with Crippen molar-refractivity contribution < 1.29 is 22.7 Å². The lowest BCUT2D eigenvalue weighted by Gasteiger charge is -2.17. The maximum Gasteiger partial charge on any atom is 0.435 e. The number of halogens is 4. The van der Waals surface area contributed by atoms with E-state index in [4.69, 9.17) is 16.3 Å². The number of hydrogen-bond acceptors (Lipinski definition) is 4. The molecule has 1 aliphatic carbocycles. The molecule has 178 valence electrons. The largest absolute Gasteiger partial charge is 0.467 e. The van der Waals surface area contributed by atoms with Crippen molar-refractivity contribution in [3.8, 4) is 5.88 Å². The van der Waals surface area contributed by atoms with Gasteiger partial charge in [0.05, 0.1) is 11.1 Å². The molecule has 1 aromatic heterocycles. The molecule has 10 heteroatoms. The van der Waals surface area contributed by atoms with Gasteiger partial charge < -0.3 is 15.4 Å². The minimum absolute atomic E-state index is 0.205. The second-order valence-electron chi connectivity index (χ2n) is 7.59. The highest BCUT2D eigenvalue weighted by atomic mass is 35.5. The number of carbonyl (C=O) groups is 1. The number of aromatic nitrogens is 2. The van der Waals surface area contributed by atoms with Gasteiger partial charge in [-0.3, -0.25) is 4.79 Å². The number of nitrogens with zero attached hydrogens (tertiary/aromatic N) is 2. The third kappa shape index (κ3) is 5.53. The molecule has 0 saturated carbocycles. The second-order valence-corrected chi connectivity index (χ2v) is 8.12. The summed E-state index contributed by atoms with van der Waals surface area (Å²) in [6.07, 6.45) is 0.836. The SMILES string of the molecule is O=C(COc1cc(C(F)(F)F)nn1C1=CC=CCC1Cl)NCCNc1cccc2ccccc12. The zero-order valence-electron chi connectivity index (χ0n) is 18.0. The maximum absolute atomic E-state index is 13.2. The Kier molecular flexibility index (Phi) is 7.12. The summed E-state index contributed by atoms with van der Waals surface area (Å²) in [5.41, 5.74) is 0.161. The summed E-state index contributed by atoms with van der Waals surface area (Å²) in [7, 11) is 0. The number of nitrogens with one attached hydrogen (secondary N) is 2. The van der Waals surface area contributed by atoms with E-state index in [-0.39, 0.29) is 5.88 Å². The van der Waals surface area contributed by atoms with Crippen molar-refractivity contribution in [1.82, 2.24) is 15.1 Å². The summed E-state index contributed by atoms with van der Waals surface area (Å²) in [6.45, 7) is 0.300. The number of amides is 1. The molecule has 4 rings (SSSR count). The molecule has 0 spiro atoms. The number of alkyl halides is 4. The third-order valence-corrected chi connectivity index (χ3v) is 5.58. The van der Waals surface area contributed by atoms with Crippen LogP contribution >= 0.6 is 11.6 Å². The average Bonchev–Trinajstić information content (AvgIpc) is 3.25.